The maximum Gasteiger partial charge on any atom is 0.255 e. The lowest BCUT2D eigenvalue weighted by molar-refractivity contribution is -0.123. The maximum atomic E-state index is 15.6. The van der Waals surface area contributed by atoms with Crippen molar-refractivity contribution < 1.29 is 32.9 Å². The van der Waals surface area contributed by atoms with Gasteiger partial charge >= 0.3 is 0 Å². The number of nitrogens with zero attached hydrogens (tertiary/aromatic N) is 3. The highest BCUT2D eigenvalue weighted by Crippen LogP contribution is 2.36. The molecule has 10 nitrogen and oxygen atoms in total. The highest BCUT2D eigenvalue weighted by atomic mass is 19.1. The monoisotopic (exact) mass is 650 g/mol. The Morgan fingerprint density at radius 1 is 0.875 bits per heavy atom. The number of nitrogens with one attached hydrogen (secondary N) is 1. The third-order valence-electron chi connectivity index (χ3n) is 8.04. The molecule has 48 heavy (non-hydrogen) atoms. The molecule has 0 saturated carbocycles. The van der Waals surface area contributed by atoms with Gasteiger partial charge in [0.15, 0.2) is 17.3 Å². The lowest BCUT2D eigenvalue weighted by atomic mass is 9.96. The van der Waals surface area contributed by atoms with Crippen molar-refractivity contribution in [1.82, 2.24) is 14.9 Å². The predicted molar refractivity (Wildman–Crippen MR) is 178 cm³/mol. The van der Waals surface area contributed by atoms with Crippen molar-refractivity contribution in [3.63, 3.8) is 0 Å². The first-order valence-corrected chi connectivity index (χ1v) is 15.5. The number of carbonyl (C=O) groups excluding carboxylic acids is 2. The van der Waals surface area contributed by atoms with Crippen LogP contribution >= 0.6 is 0 Å². The number of rotatable bonds is 15. The van der Waals surface area contributed by atoms with Crippen molar-refractivity contribution in [3.05, 3.63) is 119 Å². The van der Waals surface area contributed by atoms with Crippen LogP contribution in [0.4, 0.5) is 15.9 Å². The van der Waals surface area contributed by atoms with E-state index in [1.165, 1.54) is 12.4 Å². The average molecular weight is 651 g/mol. The molecule has 6 rings (SSSR count). The number of fused-ring (bicyclic) bond motifs is 2. The van der Waals surface area contributed by atoms with Gasteiger partial charge in [0.1, 0.15) is 37.2 Å². The van der Waals surface area contributed by atoms with Crippen molar-refractivity contribution in [1.29, 1.82) is 0 Å². The molecular formula is C37H35FN4O6. The molecular weight excluding hydrogens is 615 g/mol. The molecule has 1 N–H and O–H groups in total. The van der Waals surface area contributed by atoms with E-state index >= 15 is 4.39 Å². The third kappa shape index (κ3) is 7.12. The van der Waals surface area contributed by atoms with Gasteiger partial charge in [-0.2, -0.15) is 0 Å². The molecule has 0 spiro atoms. The first kappa shape index (κ1) is 32.5. The first-order valence-electron chi connectivity index (χ1n) is 15.5. The molecule has 0 radical (unpaired) electrons. The van der Waals surface area contributed by atoms with Crippen LogP contribution in [0, 0.1) is 5.82 Å². The van der Waals surface area contributed by atoms with E-state index in [1.54, 1.807) is 49.5 Å². The zero-order valence-corrected chi connectivity index (χ0v) is 26.6. The normalized spacial score (nSPS) is 13.0. The Morgan fingerprint density at radius 2 is 1.58 bits per heavy atom. The number of benzene rings is 4. The maximum absolute atomic E-state index is 15.6. The second kappa shape index (κ2) is 15.0. The van der Waals surface area contributed by atoms with Gasteiger partial charge in [-0.05, 0) is 41.0 Å². The van der Waals surface area contributed by atoms with Gasteiger partial charge in [0.2, 0.25) is 0 Å². The van der Waals surface area contributed by atoms with Crippen LogP contribution in [0.15, 0.2) is 91.3 Å². The number of ketones is 1. The summed E-state index contributed by atoms with van der Waals surface area (Å²) in [5.74, 6) is 0.317. The molecule has 0 saturated heterocycles. The van der Waals surface area contributed by atoms with E-state index in [-0.39, 0.29) is 30.4 Å². The average Bonchev–Trinajstić information content (AvgIpc) is 3.42. The molecule has 1 amide bonds. The Morgan fingerprint density at radius 3 is 2.29 bits per heavy atom. The summed E-state index contributed by atoms with van der Waals surface area (Å²) in [6.07, 6.45) is 1.31. The van der Waals surface area contributed by atoms with Gasteiger partial charge < -0.3 is 29.2 Å². The molecule has 246 valence electrons. The van der Waals surface area contributed by atoms with E-state index < -0.39 is 11.9 Å². The number of carbonyl (C=O) groups is 2. The number of amides is 1. The molecule has 1 atom stereocenters. The van der Waals surface area contributed by atoms with Gasteiger partial charge in [-0.15, -0.1) is 0 Å². The summed E-state index contributed by atoms with van der Waals surface area (Å²) in [5.41, 5.74) is 3.38. The Labute approximate surface area is 277 Å². The van der Waals surface area contributed by atoms with Crippen LogP contribution < -0.4 is 14.8 Å². The van der Waals surface area contributed by atoms with Crippen molar-refractivity contribution in [2.45, 2.75) is 19.0 Å². The molecule has 4 aromatic carbocycles. The summed E-state index contributed by atoms with van der Waals surface area (Å²) in [4.78, 5) is 37.6. The molecule has 0 aliphatic carbocycles. The molecule has 1 aromatic heterocycles. The lowest BCUT2D eigenvalue weighted by Crippen LogP contribution is -2.35. The summed E-state index contributed by atoms with van der Waals surface area (Å²) >= 11 is 0. The number of halogens is 1. The van der Waals surface area contributed by atoms with Crippen LogP contribution in [-0.4, -0.2) is 67.2 Å². The van der Waals surface area contributed by atoms with E-state index in [9.17, 15) is 9.59 Å². The minimum Gasteiger partial charge on any atom is -0.487 e. The van der Waals surface area contributed by atoms with Gasteiger partial charge in [0, 0.05) is 44.2 Å². The van der Waals surface area contributed by atoms with Gasteiger partial charge in [-0.25, -0.2) is 14.4 Å². The zero-order chi connectivity index (χ0) is 33.5. The summed E-state index contributed by atoms with van der Waals surface area (Å²) in [6.45, 7) is 1.69. The molecule has 0 fully saturated rings. The van der Waals surface area contributed by atoms with Crippen LogP contribution in [0.2, 0.25) is 0 Å². The molecule has 2 heterocycles. The number of hydrogen-bond acceptors (Lipinski definition) is 9. The van der Waals surface area contributed by atoms with Crippen LogP contribution in [0.5, 0.6) is 11.5 Å². The summed E-state index contributed by atoms with van der Waals surface area (Å²) < 4.78 is 37.6. The number of Topliss-reactive ketones (excluding diaryl/α,β-unsaturated/α-hetero) is 1. The Hall–Kier alpha value is -5.39. The van der Waals surface area contributed by atoms with E-state index in [2.05, 4.69) is 15.3 Å². The topological polar surface area (TPSA) is 112 Å². The number of anilines is 2. The van der Waals surface area contributed by atoms with E-state index in [0.717, 1.165) is 5.56 Å². The zero-order valence-electron chi connectivity index (χ0n) is 26.6. The minimum absolute atomic E-state index is 0.0681. The van der Waals surface area contributed by atoms with Crippen LogP contribution in [0.1, 0.15) is 33.1 Å². The largest absolute Gasteiger partial charge is 0.487 e. The number of aromatic nitrogens is 2. The Balaban J connectivity index is 1.23. The molecule has 0 bridgehead atoms. The Kier molecular flexibility index (Phi) is 10.2. The first-order chi connectivity index (χ1) is 23.5. The van der Waals surface area contributed by atoms with Gasteiger partial charge in [-0.1, -0.05) is 54.6 Å². The summed E-state index contributed by atoms with van der Waals surface area (Å²) in [5, 5.41) is 3.65. The fourth-order valence-electron chi connectivity index (χ4n) is 5.71. The van der Waals surface area contributed by atoms with E-state index in [1.807, 2.05) is 48.5 Å². The van der Waals surface area contributed by atoms with Crippen molar-refractivity contribution in [2.24, 2.45) is 0 Å². The van der Waals surface area contributed by atoms with Gasteiger partial charge in [0.05, 0.1) is 24.4 Å². The van der Waals surface area contributed by atoms with E-state index in [0.29, 0.717) is 71.3 Å². The predicted octanol–water partition coefficient (Wildman–Crippen LogP) is 6.07. The molecule has 1 aliphatic heterocycles. The standard InChI is InChI=1S/C37H35FN4O6/c1-45-14-16-47-33-20-28-31(21-34(33)48-17-15-46-2)39-23-40-36(28)41-30-13-12-24(18-29(30)38)19-32(43)35(25-8-4-3-5-9-25)42-22-26-10-6-7-11-27(26)37(42)44/h3-13,18,20-21,23,35H,14-17,19,22H2,1-2H3,(H,39,40,41). The summed E-state index contributed by atoms with van der Waals surface area (Å²) in [6, 6.07) is 23.8. The van der Waals surface area contributed by atoms with Crippen LogP contribution in [0.3, 0.4) is 0 Å². The SMILES string of the molecule is COCCOc1cc2ncnc(Nc3ccc(CC(=O)C(c4ccccc4)N4Cc5ccccc5C4=O)cc3F)c2cc1OCCOC. The van der Waals surface area contributed by atoms with Gasteiger partial charge in [-0.3, -0.25) is 9.59 Å². The number of ether oxygens (including phenoxy) is 4. The van der Waals surface area contributed by atoms with E-state index in [4.69, 9.17) is 18.9 Å². The smallest absolute Gasteiger partial charge is 0.255 e. The summed E-state index contributed by atoms with van der Waals surface area (Å²) in [7, 11) is 3.17. The van der Waals surface area contributed by atoms with Gasteiger partial charge in [0.25, 0.3) is 5.91 Å². The second-order valence-corrected chi connectivity index (χ2v) is 11.2. The molecule has 1 unspecified atom stereocenters. The van der Waals surface area contributed by atoms with Crippen molar-refractivity contribution >= 4 is 34.1 Å². The Bertz CT molecular complexity index is 1920. The molecule has 1 aliphatic rings. The lowest BCUT2D eigenvalue weighted by Gasteiger charge is -2.27. The number of methoxy groups -OCH3 is 2. The van der Waals surface area contributed by atoms with Crippen LogP contribution in [-0.2, 0) is 27.2 Å². The third-order valence-corrected chi connectivity index (χ3v) is 8.04. The number of hydrogen-bond donors (Lipinski definition) is 1. The minimum atomic E-state index is -0.817. The fourth-order valence-corrected chi connectivity index (χ4v) is 5.71. The highest BCUT2D eigenvalue weighted by molar-refractivity contribution is 6.02. The van der Waals surface area contributed by atoms with Crippen molar-refractivity contribution in [3.8, 4) is 11.5 Å². The van der Waals surface area contributed by atoms with Crippen molar-refractivity contribution in [2.75, 3.05) is 46.0 Å². The molecule has 11 heteroatoms. The quantitative estimate of drug-likeness (QED) is 0.135. The molecule has 5 aromatic rings. The second-order valence-electron chi connectivity index (χ2n) is 11.2. The highest BCUT2D eigenvalue weighted by Gasteiger charge is 2.37. The van der Waals surface area contributed by atoms with Crippen LogP contribution in [0.25, 0.3) is 10.9 Å². The fraction of sp³-hybridized carbons (Fsp3) is 0.243.